The molecule has 1 aromatic carbocycles. The van der Waals surface area contributed by atoms with Gasteiger partial charge in [0.15, 0.2) is 0 Å². The van der Waals surface area contributed by atoms with E-state index in [-0.39, 0.29) is 28.9 Å². The summed E-state index contributed by atoms with van der Waals surface area (Å²) in [4.78, 5) is 11.3. The van der Waals surface area contributed by atoms with E-state index in [1.807, 2.05) is 18.2 Å². The molecule has 0 bridgehead atoms. The maximum atomic E-state index is 11.3. The number of aryl methyl sites for hydroxylation is 1. The Morgan fingerprint density at radius 2 is 2.00 bits per heavy atom. The van der Waals surface area contributed by atoms with Gasteiger partial charge in [0.1, 0.15) is 0 Å². The normalized spacial score (nSPS) is 11.2. The van der Waals surface area contributed by atoms with Crippen LogP contribution >= 0.6 is 17.0 Å². The van der Waals surface area contributed by atoms with E-state index in [0.29, 0.717) is 6.54 Å². The lowest BCUT2D eigenvalue weighted by atomic mass is 10.0. The third-order valence-corrected chi connectivity index (χ3v) is 2.91. The molecule has 1 amide bonds. The van der Waals surface area contributed by atoms with Crippen molar-refractivity contribution in [3.05, 3.63) is 48.6 Å². The fraction of sp³-hybridized carbons (Fsp3) is 0.400. The minimum atomic E-state index is -0.106. The van der Waals surface area contributed by atoms with Gasteiger partial charge >= 0.3 is 0 Å². The molecule has 3 nitrogen and oxygen atoms in total. The molecule has 1 atom stereocenters. The van der Waals surface area contributed by atoms with Gasteiger partial charge in [0.05, 0.1) is 0 Å². The van der Waals surface area contributed by atoms with Gasteiger partial charge in [-0.15, -0.1) is 17.0 Å². The van der Waals surface area contributed by atoms with E-state index in [9.17, 15) is 4.79 Å². The molecule has 0 saturated heterocycles. The van der Waals surface area contributed by atoms with Gasteiger partial charge in [0, 0.05) is 6.04 Å². The summed E-state index contributed by atoms with van der Waals surface area (Å²) >= 11 is 0. The Bertz CT molecular complexity index is 368. The van der Waals surface area contributed by atoms with Crippen molar-refractivity contribution in [3.8, 4) is 0 Å². The van der Waals surface area contributed by atoms with Crippen molar-refractivity contribution in [3.63, 3.8) is 0 Å². The molecule has 0 saturated carbocycles. The van der Waals surface area contributed by atoms with Crippen LogP contribution in [0.5, 0.6) is 0 Å². The molecule has 106 valence electrons. The molecule has 1 aromatic rings. The topological polar surface area (TPSA) is 55.1 Å². The molecule has 0 aliphatic heterocycles. The molecule has 3 N–H and O–H groups in total. The van der Waals surface area contributed by atoms with Crippen LogP contribution in [0.1, 0.15) is 24.8 Å². The van der Waals surface area contributed by atoms with Crippen LogP contribution < -0.4 is 11.1 Å². The summed E-state index contributed by atoms with van der Waals surface area (Å²) in [7, 11) is 0. The second-order valence-electron chi connectivity index (χ2n) is 4.36. The SMILES string of the molecule is Br.C=CC(=O)NC(CCCN)CCc1ccccc1. The first-order valence-corrected chi connectivity index (χ1v) is 6.43. The van der Waals surface area contributed by atoms with Crippen molar-refractivity contribution in [1.29, 1.82) is 0 Å². The predicted octanol–water partition coefficient (Wildman–Crippen LogP) is 2.61. The highest BCUT2D eigenvalue weighted by atomic mass is 79.9. The summed E-state index contributed by atoms with van der Waals surface area (Å²) < 4.78 is 0. The van der Waals surface area contributed by atoms with Crippen molar-refractivity contribution >= 4 is 22.9 Å². The highest BCUT2D eigenvalue weighted by Gasteiger charge is 2.10. The molecule has 19 heavy (non-hydrogen) atoms. The van der Waals surface area contributed by atoms with Crippen LogP contribution in [0.25, 0.3) is 0 Å². The van der Waals surface area contributed by atoms with Crippen molar-refractivity contribution in [2.45, 2.75) is 31.7 Å². The molecule has 0 radical (unpaired) electrons. The van der Waals surface area contributed by atoms with E-state index in [2.05, 4.69) is 24.0 Å². The van der Waals surface area contributed by atoms with Crippen LogP contribution in [0.4, 0.5) is 0 Å². The summed E-state index contributed by atoms with van der Waals surface area (Å²) in [5.41, 5.74) is 6.81. The number of amides is 1. The number of rotatable bonds is 8. The fourth-order valence-corrected chi connectivity index (χ4v) is 1.90. The molecule has 1 rings (SSSR count). The van der Waals surface area contributed by atoms with Crippen molar-refractivity contribution in [2.75, 3.05) is 6.54 Å². The van der Waals surface area contributed by atoms with Crippen molar-refractivity contribution < 1.29 is 4.79 Å². The first-order chi connectivity index (χ1) is 8.76. The lowest BCUT2D eigenvalue weighted by Crippen LogP contribution is -2.34. The number of hydrogen-bond acceptors (Lipinski definition) is 2. The number of carbonyl (C=O) groups is 1. The van der Waals surface area contributed by atoms with E-state index in [4.69, 9.17) is 5.73 Å². The van der Waals surface area contributed by atoms with E-state index in [0.717, 1.165) is 25.7 Å². The van der Waals surface area contributed by atoms with Crippen LogP contribution in [0.3, 0.4) is 0 Å². The lowest BCUT2D eigenvalue weighted by molar-refractivity contribution is -0.117. The number of nitrogens with one attached hydrogen (secondary N) is 1. The Morgan fingerprint density at radius 1 is 1.32 bits per heavy atom. The molecule has 0 fully saturated rings. The standard InChI is InChI=1S/C15H22N2O.BrH/c1-2-15(18)17-14(9-6-12-16)11-10-13-7-4-3-5-8-13;/h2-5,7-8,14H,1,6,9-12,16H2,(H,17,18);1H. The highest BCUT2D eigenvalue weighted by molar-refractivity contribution is 8.93. The monoisotopic (exact) mass is 326 g/mol. The Hall–Kier alpha value is -1.13. The van der Waals surface area contributed by atoms with E-state index in [1.165, 1.54) is 11.6 Å². The number of benzene rings is 1. The van der Waals surface area contributed by atoms with Crippen LogP contribution in [0, 0.1) is 0 Å². The number of hydrogen-bond donors (Lipinski definition) is 2. The molecular weight excluding hydrogens is 304 g/mol. The van der Waals surface area contributed by atoms with Crippen molar-refractivity contribution in [2.24, 2.45) is 5.73 Å². The van der Waals surface area contributed by atoms with Gasteiger partial charge in [-0.05, 0) is 43.9 Å². The summed E-state index contributed by atoms with van der Waals surface area (Å²) in [5, 5.41) is 2.96. The highest BCUT2D eigenvalue weighted by Crippen LogP contribution is 2.08. The Labute approximate surface area is 126 Å². The maximum absolute atomic E-state index is 11.3. The van der Waals surface area contributed by atoms with E-state index >= 15 is 0 Å². The van der Waals surface area contributed by atoms with Gasteiger partial charge in [-0.2, -0.15) is 0 Å². The molecule has 0 spiro atoms. The third kappa shape index (κ3) is 7.80. The minimum absolute atomic E-state index is 0. The molecule has 0 heterocycles. The van der Waals surface area contributed by atoms with E-state index in [1.54, 1.807) is 0 Å². The lowest BCUT2D eigenvalue weighted by Gasteiger charge is -2.17. The quantitative estimate of drug-likeness (QED) is 0.721. The second-order valence-corrected chi connectivity index (χ2v) is 4.36. The molecule has 0 aromatic heterocycles. The van der Waals surface area contributed by atoms with Gasteiger partial charge in [0.2, 0.25) is 5.91 Å². The molecule has 0 aliphatic carbocycles. The zero-order chi connectivity index (χ0) is 13.2. The van der Waals surface area contributed by atoms with Crippen LogP contribution in [0.2, 0.25) is 0 Å². The summed E-state index contributed by atoms with van der Waals surface area (Å²) in [5.74, 6) is -0.106. The Kier molecular flexibility index (Phi) is 10.1. The molecule has 4 heteroatoms. The van der Waals surface area contributed by atoms with Crippen molar-refractivity contribution in [1.82, 2.24) is 5.32 Å². The average Bonchev–Trinajstić information content (AvgIpc) is 2.42. The van der Waals surface area contributed by atoms with Gasteiger partial charge in [-0.3, -0.25) is 4.79 Å². The largest absolute Gasteiger partial charge is 0.350 e. The average molecular weight is 327 g/mol. The van der Waals surface area contributed by atoms with Gasteiger partial charge in [0.25, 0.3) is 0 Å². The number of nitrogens with two attached hydrogens (primary N) is 1. The fourth-order valence-electron chi connectivity index (χ4n) is 1.90. The predicted molar refractivity (Wildman–Crippen MR) is 85.5 cm³/mol. The number of carbonyl (C=O) groups excluding carboxylic acids is 1. The zero-order valence-corrected chi connectivity index (χ0v) is 12.9. The smallest absolute Gasteiger partial charge is 0.243 e. The van der Waals surface area contributed by atoms with Crippen LogP contribution in [-0.4, -0.2) is 18.5 Å². The van der Waals surface area contributed by atoms with Gasteiger partial charge < -0.3 is 11.1 Å². The number of halogens is 1. The molecular formula is C15H23BrN2O. The van der Waals surface area contributed by atoms with E-state index < -0.39 is 0 Å². The first-order valence-electron chi connectivity index (χ1n) is 6.43. The van der Waals surface area contributed by atoms with Crippen LogP contribution in [-0.2, 0) is 11.2 Å². The van der Waals surface area contributed by atoms with Gasteiger partial charge in [-0.25, -0.2) is 0 Å². The maximum Gasteiger partial charge on any atom is 0.243 e. The third-order valence-electron chi connectivity index (χ3n) is 2.91. The summed E-state index contributed by atoms with van der Waals surface area (Å²) in [6, 6.07) is 10.5. The summed E-state index contributed by atoms with van der Waals surface area (Å²) in [6.07, 6.45) is 5.06. The van der Waals surface area contributed by atoms with Crippen LogP contribution in [0.15, 0.2) is 43.0 Å². The Morgan fingerprint density at radius 3 is 2.58 bits per heavy atom. The molecule has 1 unspecified atom stereocenters. The Balaban J connectivity index is 0.00000324. The summed E-state index contributed by atoms with van der Waals surface area (Å²) in [6.45, 7) is 4.13. The first kappa shape index (κ1) is 17.9. The second kappa shape index (κ2) is 10.8. The minimum Gasteiger partial charge on any atom is -0.350 e. The van der Waals surface area contributed by atoms with Gasteiger partial charge in [-0.1, -0.05) is 36.9 Å². The zero-order valence-electron chi connectivity index (χ0n) is 11.2. The molecule has 0 aliphatic rings.